The first-order valence-corrected chi connectivity index (χ1v) is 11.7. The summed E-state index contributed by atoms with van der Waals surface area (Å²) in [6.07, 6.45) is 4.86. The third-order valence-electron chi connectivity index (χ3n) is 5.10. The number of carbonyl (C=O) groups is 1. The topological polar surface area (TPSA) is 105 Å². The van der Waals surface area contributed by atoms with Crippen LogP contribution in [0, 0.1) is 0 Å². The van der Waals surface area contributed by atoms with Crippen molar-refractivity contribution in [1.29, 1.82) is 0 Å². The van der Waals surface area contributed by atoms with Gasteiger partial charge >= 0.3 is 0 Å². The molecule has 0 unspecified atom stereocenters. The number of anilines is 1. The number of rotatable bonds is 5. The van der Waals surface area contributed by atoms with Gasteiger partial charge in [0.1, 0.15) is 4.90 Å². The number of hydrogen-bond donors (Lipinski definition) is 1. The minimum Gasteiger partial charge on any atom is -0.423 e. The minimum absolute atomic E-state index is 0.0525. The molecule has 1 saturated heterocycles. The van der Waals surface area contributed by atoms with Gasteiger partial charge in [0.15, 0.2) is 0 Å². The van der Waals surface area contributed by atoms with Crippen LogP contribution < -0.4 is 5.32 Å². The van der Waals surface area contributed by atoms with Gasteiger partial charge in [0.25, 0.3) is 5.91 Å². The number of sulfonamides is 1. The summed E-state index contributed by atoms with van der Waals surface area (Å²) in [4.78, 5) is 12.8. The molecular formula is C21H21ClN4O4S. The summed E-state index contributed by atoms with van der Waals surface area (Å²) >= 11 is 6.22. The maximum Gasteiger partial charge on any atom is 0.255 e. The van der Waals surface area contributed by atoms with E-state index in [1.807, 2.05) is 0 Å². The van der Waals surface area contributed by atoms with Gasteiger partial charge in [-0.25, -0.2) is 8.42 Å². The zero-order valence-corrected chi connectivity index (χ0v) is 18.2. The van der Waals surface area contributed by atoms with E-state index in [1.54, 1.807) is 24.3 Å². The van der Waals surface area contributed by atoms with Gasteiger partial charge in [0.05, 0.1) is 5.02 Å². The quantitative estimate of drug-likeness (QED) is 0.611. The number of hydrogen-bond acceptors (Lipinski definition) is 6. The highest BCUT2D eigenvalue weighted by Crippen LogP contribution is 2.28. The summed E-state index contributed by atoms with van der Waals surface area (Å²) in [5.41, 5.74) is 1.35. The van der Waals surface area contributed by atoms with Gasteiger partial charge in [-0.3, -0.25) is 4.79 Å². The summed E-state index contributed by atoms with van der Waals surface area (Å²) in [5.74, 6) is -0.125. The van der Waals surface area contributed by atoms with Gasteiger partial charge in [-0.05, 0) is 49.2 Å². The van der Waals surface area contributed by atoms with Crippen molar-refractivity contribution < 1.29 is 17.6 Å². The minimum atomic E-state index is -3.79. The number of halogens is 1. The van der Waals surface area contributed by atoms with Crippen molar-refractivity contribution in [2.24, 2.45) is 0 Å². The molecule has 0 saturated carbocycles. The maximum atomic E-state index is 13.2. The molecule has 1 N–H and O–H groups in total. The Morgan fingerprint density at radius 2 is 1.84 bits per heavy atom. The molecule has 4 rings (SSSR count). The van der Waals surface area contributed by atoms with E-state index in [-0.39, 0.29) is 15.5 Å². The van der Waals surface area contributed by atoms with Crippen molar-refractivity contribution in [3.05, 3.63) is 59.4 Å². The van der Waals surface area contributed by atoms with Crippen LogP contribution in [0.1, 0.15) is 36.0 Å². The molecule has 8 nitrogen and oxygen atoms in total. The SMILES string of the molecule is O=C(Nc1cccc(-c2nnco2)c1)c1ccc(Cl)c(S(=O)(=O)N2CCCCCC2)c1. The fraction of sp³-hybridized carbons (Fsp3) is 0.286. The van der Waals surface area contributed by atoms with E-state index in [1.165, 1.54) is 28.9 Å². The Balaban J connectivity index is 1.58. The highest BCUT2D eigenvalue weighted by molar-refractivity contribution is 7.89. The molecule has 0 radical (unpaired) electrons. The number of nitrogens with zero attached hydrogens (tertiary/aromatic N) is 3. The molecule has 1 amide bonds. The van der Waals surface area contributed by atoms with Crippen molar-refractivity contribution in [3.8, 4) is 11.5 Å². The maximum absolute atomic E-state index is 13.2. The molecular weight excluding hydrogens is 440 g/mol. The Hall–Kier alpha value is -2.75. The average Bonchev–Trinajstić information content (AvgIpc) is 3.16. The van der Waals surface area contributed by atoms with E-state index in [0.29, 0.717) is 30.2 Å². The second-order valence-electron chi connectivity index (χ2n) is 7.24. The van der Waals surface area contributed by atoms with Crippen molar-refractivity contribution in [3.63, 3.8) is 0 Å². The molecule has 1 aromatic heterocycles. The van der Waals surface area contributed by atoms with Crippen molar-refractivity contribution in [2.75, 3.05) is 18.4 Å². The van der Waals surface area contributed by atoms with E-state index in [0.717, 1.165) is 25.7 Å². The molecule has 1 fully saturated rings. The average molecular weight is 461 g/mol. The number of aromatic nitrogens is 2. The number of amides is 1. The Morgan fingerprint density at radius 3 is 2.55 bits per heavy atom. The molecule has 2 heterocycles. The van der Waals surface area contributed by atoms with Crippen LogP contribution in [0.3, 0.4) is 0 Å². The third kappa shape index (κ3) is 4.79. The Labute approximate surface area is 185 Å². The monoisotopic (exact) mass is 460 g/mol. The summed E-state index contributed by atoms with van der Waals surface area (Å²) in [5, 5.41) is 10.4. The molecule has 0 spiro atoms. The highest BCUT2D eigenvalue weighted by atomic mass is 35.5. The summed E-state index contributed by atoms with van der Waals surface area (Å²) < 4.78 is 32.9. The molecule has 162 valence electrons. The molecule has 10 heteroatoms. The second kappa shape index (κ2) is 9.17. The molecule has 3 aromatic rings. The molecule has 0 bridgehead atoms. The van der Waals surface area contributed by atoms with Crippen LogP contribution in [0.25, 0.3) is 11.5 Å². The van der Waals surface area contributed by atoms with E-state index >= 15 is 0 Å². The third-order valence-corrected chi connectivity index (χ3v) is 7.48. The van der Waals surface area contributed by atoms with Gasteiger partial charge in [-0.15, -0.1) is 10.2 Å². The predicted octanol–water partition coefficient (Wildman–Crippen LogP) is 4.21. The Bertz CT molecular complexity index is 1170. The zero-order valence-electron chi connectivity index (χ0n) is 16.6. The lowest BCUT2D eigenvalue weighted by Crippen LogP contribution is -2.32. The van der Waals surface area contributed by atoms with Gasteiger partial charge in [0, 0.05) is 29.9 Å². The van der Waals surface area contributed by atoms with Gasteiger partial charge in [-0.1, -0.05) is 30.5 Å². The van der Waals surface area contributed by atoms with Gasteiger partial charge in [0.2, 0.25) is 22.3 Å². The van der Waals surface area contributed by atoms with E-state index < -0.39 is 15.9 Å². The van der Waals surface area contributed by atoms with Gasteiger partial charge < -0.3 is 9.73 Å². The van der Waals surface area contributed by atoms with Gasteiger partial charge in [-0.2, -0.15) is 4.31 Å². The van der Waals surface area contributed by atoms with E-state index in [2.05, 4.69) is 15.5 Å². The standard InChI is InChI=1S/C21H21ClN4O4S/c22-18-9-8-15(13-19(18)31(28,29)26-10-3-1-2-4-11-26)20(27)24-17-7-5-6-16(12-17)21-25-23-14-30-21/h5-9,12-14H,1-4,10-11H2,(H,24,27). The smallest absolute Gasteiger partial charge is 0.255 e. The predicted molar refractivity (Wildman–Crippen MR) is 116 cm³/mol. The normalized spacial score (nSPS) is 15.4. The van der Waals surface area contributed by atoms with Crippen molar-refractivity contribution >= 4 is 33.2 Å². The second-order valence-corrected chi connectivity index (χ2v) is 9.56. The van der Waals surface area contributed by atoms with Crippen LogP contribution in [-0.4, -0.2) is 41.9 Å². The summed E-state index contributed by atoms with van der Waals surface area (Å²) in [7, 11) is -3.79. The Morgan fingerprint density at radius 1 is 1.06 bits per heavy atom. The highest BCUT2D eigenvalue weighted by Gasteiger charge is 2.28. The van der Waals surface area contributed by atoms with Crippen LogP contribution in [0.15, 0.2) is 58.2 Å². The van der Waals surface area contributed by atoms with Crippen LogP contribution in [0.4, 0.5) is 5.69 Å². The van der Waals surface area contributed by atoms with Crippen LogP contribution in [0.5, 0.6) is 0 Å². The first-order valence-electron chi connectivity index (χ1n) is 9.93. The number of nitrogens with one attached hydrogen (secondary N) is 1. The molecule has 1 aliphatic rings. The number of benzene rings is 2. The Kier molecular flexibility index (Phi) is 6.35. The van der Waals surface area contributed by atoms with E-state index in [4.69, 9.17) is 16.0 Å². The molecule has 0 atom stereocenters. The summed E-state index contributed by atoms with van der Waals surface area (Å²) in [6, 6.07) is 11.2. The molecule has 1 aliphatic heterocycles. The molecule has 0 aliphatic carbocycles. The van der Waals surface area contributed by atoms with Crippen LogP contribution in [0.2, 0.25) is 5.02 Å². The first-order chi connectivity index (χ1) is 14.9. The number of carbonyl (C=O) groups excluding carboxylic acids is 1. The largest absolute Gasteiger partial charge is 0.423 e. The first kappa shape index (κ1) is 21.5. The van der Waals surface area contributed by atoms with Crippen LogP contribution >= 0.6 is 11.6 Å². The van der Waals surface area contributed by atoms with Crippen molar-refractivity contribution in [1.82, 2.24) is 14.5 Å². The molecule has 2 aromatic carbocycles. The zero-order chi connectivity index (χ0) is 21.8. The lowest BCUT2D eigenvalue weighted by molar-refractivity contribution is 0.102. The fourth-order valence-corrected chi connectivity index (χ4v) is 5.51. The fourth-order valence-electron chi connectivity index (χ4n) is 3.50. The summed E-state index contributed by atoms with van der Waals surface area (Å²) in [6.45, 7) is 0.912. The van der Waals surface area contributed by atoms with Crippen LogP contribution in [-0.2, 0) is 10.0 Å². The lowest BCUT2D eigenvalue weighted by Gasteiger charge is -2.21. The van der Waals surface area contributed by atoms with Crippen molar-refractivity contribution in [2.45, 2.75) is 30.6 Å². The molecule has 31 heavy (non-hydrogen) atoms. The van der Waals surface area contributed by atoms with E-state index in [9.17, 15) is 13.2 Å². The lowest BCUT2D eigenvalue weighted by atomic mass is 10.1.